The monoisotopic (exact) mass is 274 g/mol. The minimum atomic E-state index is -0.989. The number of rotatable bonds is 5. The van der Waals surface area contributed by atoms with Gasteiger partial charge in [0.25, 0.3) is 0 Å². The van der Waals surface area contributed by atoms with Crippen LogP contribution in [0.5, 0.6) is 5.75 Å². The van der Waals surface area contributed by atoms with Crippen molar-refractivity contribution in [3.63, 3.8) is 0 Å². The Hall–Kier alpha value is -1.51. The Morgan fingerprint density at radius 1 is 1.25 bits per heavy atom. The van der Waals surface area contributed by atoms with E-state index in [1.54, 1.807) is 40.6 Å². The first kappa shape index (κ1) is 16.5. The summed E-state index contributed by atoms with van der Waals surface area (Å²) in [5.41, 5.74) is 0.449. The van der Waals surface area contributed by atoms with Crippen molar-refractivity contribution in [1.82, 2.24) is 0 Å². The Bertz CT molecular complexity index is 527. The van der Waals surface area contributed by atoms with Crippen molar-refractivity contribution >= 4 is 12.9 Å². The van der Waals surface area contributed by atoms with Crippen molar-refractivity contribution in [2.45, 2.75) is 45.8 Å². The van der Waals surface area contributed by atoms with E-state index in [9.17, 15) is 5.11 Å². The predicted octanol–water partition coefficient (Wildman–Crippen LogP) is 1.69. The van der Waals surface area contributed by atoms with Crippen molar-refractivity contribution in [2.24, 2.45) is 0 Å². The highest BCUT2D eigenvalue weighted by Crippen LogP contribution is 2.25. The zero-order valence-corrected chi connectivity index (χ0v) is 12.9. The number of nitriles is 1. The van der Waals surface area contributed by atoms with E-state index >= 15 is 0 Å². The van der Waals surface area contributed by atoms with Crippen molar-refractivity contribution in [3.05, 3.63) is 23.3 Å². The molecule has 0 bridgehead atoms. The van der Waals surface area contributed by atoms with E-state index in [4.69, 9.17) is 14.7 Å². The van der Waals surface area contributed by atoms with E-state index in [1.807, 2.05) is 20.8 Å². The Morgan fingerprint density at radius 3 is 2.30 bits per heavy atom. The third-order valence-corrected chi connectivity index (χ3v) is 3.64. The Kier molecular flexibility index (Phi) is 4.85. The zero-order chi connectivity index (χ0) is 15.6. The van der Waals surface area contributed by atoms with Crippen LogP contribution in [0.2, 0.25) is 0 Å². The van der Waals surface area contributed by atoms with Crippen LogP contribution in [0.25, 0.3) is 0 Å². The Labute approximate surface area is 121 Å². The average molecular weight is 274 g/mol. The summed E-state index contributed by atoms with van der Waals surface area (Å²) < 4.78 is 11.0. The number of methoxy groups -OCH3 is 1. The minimum absolute atomic E-state index is 0.540. The van der Waals surface area contributed by atoms with Crippen LogP contribution in [0.15, 0.2) is 12.1 Å². The summed E-state index contributed by atoms with van der Waals surface area (Å²) in [6, 6.07) is 5.53. The van der Waals surface area contributed by atoms with Gasteiger partial charge >= 0.3 is 7.48 Å². The molecule has 0 heterocycles. The van der Waals surface area contributed by atoms with Gasteiger partial charge in [-0.1, -0.05) is 0 Å². The molecule has 20 heavy (non-hydrogen) atoms. The fourth-order valence-corrected chi connectivity index (χ4v) is 1.50. The summed E-state index contributed by atoms with van der Waals surface area (Å²) in [7, 11) is 3.13. The maximum Gasteiger partial charge on any atom is 0.335 e. The Morgan fingerprint density at radius 2 is 1.85 bits per heavy atom. The topological polar surface area (TPSA) is 62.5 Å². The number of hydrogen-bond acceptors (Lipinski definition) is 4. The van der Waals surface area contributed by atoms with Crippen LogP contribution in [0.3, 0.4) is 0 Å². The molecule has 1 radical (unpaired) electrons. The van der Waals surface area contributed by atoms with Crippen molar-refractivity contribution in [3.8, 4) is 11.8 Å². The molecule has 1 aromatic rings. The van der Waals surface area contributed by atoms with Gasteiger partial charge in [-0.2, -0.15) is 5.26 Å². The number of benzene rings is 1. The first-order valence-electron chi connectivity index (χ1n) is 6.44. The lowest BCUT2D eigenvalue weighted by Gasteiger charge is -2.37. The van der Waals surface area contributed by atoms with Gasteiger partial charge < -0.3 is 14.5 Å². The summed E-state index contributed by atoms with van der Waals surface area (Å²) in [4.78, 5) is 0. The van der Waals surface area contributed by atoms with Crippen LogP contribution in [0.4, 0.5) is 0 Å². The summed E-state index contributed by atoms with van der Waals surface area (Å²) in [5, 5.41) is 19.0. The predicted molar refractivity (Wildman–Crippen MR) is 79.3 cm³/mol. The Balaban J connectivity index is 3.03. The zero-order valence-electron chi connectivity index (χ0n) is 12.9. The van der Waals surface area contributed by atoms with E-state index in [2.05, 4.69) is 6.07 Å². The molecular formula is C15H21BNO3. The van der Waals surface area contributed by atoms with Gasteiger partial charge in [0.1, 0.15) is 5.75 Å². The SMILES string of the molecule is COc1cc(C#N)cc(C)c1[B]OC(C)(C)C(C)(C)O. The third-order valence-electron chi connectivity index (χ3n) is 3.64. The normalized spacial score (nSPS) is 11.9. The molecule has 0 amide bonds. The first-order valence-corrected chi connectivity index (χ1v) is 6.44. The molecule has 0 saturated carbocycles. The lowest BCUT2D eigenvalue weighted by Crippen LogP contribution is -2.49. The van der Waals surface area contributed by atoms with Crippen LogP contribution in [-0.4, -0.2) is 30.9 Å². The van der Waals surface area contributed by atoms with Gasteiger partial charge in [-0.25, -0.2) is 0 Å². The lowest BCUT2D eigenvalue weighted by atomic mass is 9.79. The highest BCUT2D eigenvalue weighted by Gasteiger charge is 2.36. The van der Waals surface area contributed by atoms with E-state index in [1.165, 1.54) is 0 Å². The minimum Gasteiger partial charge on any atom is -0.497 e. The van der Waals surface area contributed by atoms with Gasteiger partial charge in [0.05, 0.1) is 29.9 Å². The molecule has 0 aliphatic rings. The third kappa shape index (κ3) is 3.53. The van der Waals surface area contributed by atoms with Gasteiger partial charge in [0, 0.05) is 0 Å². The first-order chi connectivity index (χ1) is 9.12. The lowest BCUT2D eigenvalue weighted by molar-refractivity contribution is -0.0893. The molecule has 1 N–H and O–H groups in total. The summed E-state index contributed by atoms with van der Waals surface area (Å²) >= 11 is 0. The highest BCUT2D eigenvalue weighted by molar-refractivity contribution is 6.49. The van der Waals surface area contributed by atoms with Crippen LogP contribution < -0.4 is 10.2 Å². The highest BCUT2D eigenvalue weighted by atomic mass is 16.5. The maximum absolute atomic E-state index is 10.1. The largest absolute Gasteiger partial charge is 0.497 e. The summed E-state index contributed by atoms with van der Waals surface area (Å²) in [6.07, 6.45) is 0. The molecule has 0 aliphatic heterocycles. The van der Waals surface area contributed by atoms with Crippen molar-refractivity contribution < 1.29 is 14.5 Å². The van der Waals surface area contributed by atoms with Gasteiger partial charge in [-0.15, -0.1) is 0 Å². The number of aliphatic hydroxyl groups is 1. The van der Waals surface area contributed by atoms with E-state index < -0.39 is 11.2 Å². The second kappa shape index (κ2) is 5.86. The van der Waals surface area contributed by atoms with Gasteiger partial charge in [-0.3, -0.25) is 0 Å². The van der Waals surface area contributed by atoms with Crippen LogP contribution in [0, 0.1) is 18.3 Å². The van der Waals surface area contributed by atoms with Gasteiger partial charge in [0.15, 0.2) is 0 Å². The maximum atomic E-state index is 10.1. The molecule has 1 rings (SSSR count). The molecule has 5 heteroatoms. The average Bonchev–Trinajstić information content (AvgIpc) is 2.34. The standard InChI is InChI=1S/C15H21BNO3/c1-10-7-11(9-17)8-12(19-6)13(10)16-20-15(4,5)14(2,3)18/h7-8,18H,1-6H3. The molecule has 0 aliphatic carbocycles. The number of aryl methyl sites for hydroxylation is 1. The number of hydrogen-bond donors (Lipinski definition) is 1. The number of ether oxygens (including phenoxy) is 1. The smallest absolute Gasteiger partial charge is 0.335 e. The van der Waals surface area contributed by atoms with Crippen LogP contribution in [-0.2, 0) is 4.65 Å². The van der Waals surface area contributed by atoms with Gasteiger partial charge in [0.2, 0.25) is 0 Å². The fraction of sp³-hybridized carbons (Fsp3) is 0.533. The van der Waals surface area contributed by atoms with Crippen LogP contribution in [0.1, 0.15) is 38.8 Å². The van der Waals surface area contributed by atoms with Gasteiger partial charge in [-0.05, 0) is 57.8 Å². The van der Waals surface area contributed by atoms with E-state index in [-0.39, 0.29) is 0 Å². The molecule has 1 aromatic carbocycles. The van der Waals surface area contributed by atoms with Crippen molar-refractivity contribution in [1.29, 1.82) is 5.26 Å². The quantitative estimate of drug-likeness (QED) is 0.830. The molecule has 0 spiro atoms. The molecule has 0 fully saturated rings. The summed E-state index contributed by atoms with van der Waals surface area (Å²) in [5.74, 6) is 0.577. The molecule has 0 atom stereocenters. The second-order valence-electron chi connectivity index (χ2n) is 5.83. The molecule has 0 unspecified atom stereocenters. The van der Waals surface area contributed by atoms with Crippen molar-refractivity contribution in [2.75, 3.05) is 7.11 Å². The van der Waals surface area contributed by atoms with E-state index in [0.717, 1.165) is 11.0 Å². The molecule has 4 nitrogen and oxygen atoms in total. The van der Waals surface area contributed by atoms with E-state index in [0.29, 0.717) is 11.3 Å². The molecule has 0 saturated heterocycles. The fourth-order valence-electron chi connectivity index (χ4n) is 1.50. The second-order valence-corrected chi connectivity index (χ2v) is 5.83. The van der Waals surface area contributed by atoms with Crippen LogP contribution >= 0.6 is 0 Å². The number of nitrogens with zero attached hydrogens (tertiary/aromatic N) is 1. The molecule has 107 valence electrons. The molecule has 0 aromatic heterocycles. The summed E-state index contributed by atoms with van der Waals surface area (Å²) in [6.45, 7) is 8.91. The molecular weight excluding hydrogens is 253 g/mol.